The van der Waals surface area contributed by atoms with Gasteiger partial charge in [0.05, 0.1) is 4.88 Å². The summed E-state index contributed by atoms with van der Waals surface area (Å²) in [6, 6.07) is 17.8. The normalized spacial score (nSPS) is 11.5. The Kier molecular flexibility index (Phi) is 5.68. The van der Waals surface area contributed by atoms with Crippen LogP contribution >= 0.6 is 11.3 Å². The van der Waals surface area contributed by atoms with E-state index in [1.165, 1.54) is 29.5 Å². The number of aliphatic carboxylic acids is 1. The lowest BCUT2D eigenvalue weighted by Crippen LogP contribution is -1.91. The Bertz CT molecular complexity index is 1280. The quantitative estimate of drug-likeness (QED) is 0.315. The number of phenols is 1. The number of aromatic hydroxyl groups is 1. The van der Waals surface area contributed by atoms with E-state index in [1.807, 2.05) is 0 Å². The molecule has 0 saturated heterocycles. The van der Waals surface area contributed by atoms with E-state index in [0.29, 0.717) is 37.6 Å². The van der Waals surface area contributed by atoms with E-state index < -0.39 is 12.4 Å². The van der Waals surface area contributed by atoms with Crippen molar-refractivity contribution in [3.8, 4) is 27.7 Å². The number of benzene rings is 3. The third-order valence-electron chi connectivity index (χ3n) is 4.59. The molecule has 0 aliphatic heterocycles. The van der Waals surface area contributed by atoms with Crippen LogP contribution in [0.25, 0.3) is 26.6 Å². The summed E-state index contributed by atoms with van der Waals surface area (Å²) in [4.78, 5) is 11.2. The predicted octanol–water partition coefficient (Wildman–Crippen LogP) is 7.10. The molecule has 0 unspecified atom stereocenters. The zero-order valence-electron chi connectivity index (χ0n) is 16.0. The minimum Gasteiger partial charge on any atom is -0.508 e. The molecular weight excluding hydrogens is 422 g/mol. The van der Waals surface area contributed by atoms with Crippen LogP contribution in [0.3, 0.4) is 0 Å². The number of phenolic OH excluding ortho intramolecular Hbond substituents is 1. The summed E-state index contributed by atoms with van der Waals surface area (Å²) >= 11 is 1.26. The molecule has 0 bridgehead atoms. The molecule has 0 aliphatic rings. The van der Waals surface area contributed by atoms with Crippen molar-refractivity contribution in [1.29, 1.82) is 0 Å². The first-order valence-corrected chi connectivity index (χ1v) is 10.1. The smallest absolute Gasteiger partial charge is 0.328 e. The first-order valence-electron chi connectivity index (χ1n) is 9.24. The van der Waals surface area contributed by atoms with Gasteiger partial charge in [-0.25, -0.2) is 13.6 Å². The fourth-order valence-corrected chi connectivity index (χ4v) is 4.38. The fraction of sp³-hybridized carbons (Fsp3) is 0.0417. The van der Waals surface area contributed by atoms with Crippen molar-refractivity contribution in [1.82, 2.24) is 0 Å². The van der Waals surface area contributed by atoms with Gasteiger partial charge in [0.15, 0.2) is 5.75 Å². The molecule has 0 aliphatic carbocycles. The van der Waals surface area contributed by atoms with Crippen LogP contribution in [0, 0.1) is 0 Å². The van der Waals surface area contributed by atoms with Crippen molar-refractivity contribution in [3.63, 3.8) is 0 Å². The van der Waals surface area contributed by atoms with Crippen LogP contribution in [-0.4, -0.2) is 16.2 Å². The third kappa shape index (κ3) is 4.41. The van der Waals surface area contributed by atoms with Crippen LogP contribution in [0.5, 0.6) is 17.2 Å². The van der Waals surface area contributed by atoms with Gasteiger partial charge in [0.1, 0.15) is 11.5 Å². The van der Waals surface area contributed by atoms with Crippen LogP contribution in [-0.2, 0) is 4.79 Å². The second kappa shape index (κ2) is 8.57. The topological polar surface area (TPSA) is 66.8 Å². The van der Waals surface area contributed by atoms with Gasteiger partial charge in [-0.15, -0.1) is 11.3 Å². The van der Waals surface area contributed by atoms with Gasteiger partial charge in [0.2, 0.25) is 0 Å². The highest BCUT2D eigenvalue weighted by atomic mass is 32.1. The van der Waals surface area contributed by atoms with E-state index in [4.69, 9.17) is 9.84 Å². The number of hydrogen-bond donors (Lipinski definition) is 2. The summed E-state index contributed by atoms with van der Waals surface area (Å²) in [5.74, 6) is -0.0859. The maximum absolute atomic E-state index is 13.6. The van der Waals surface area contributed by atoms with Gasteiger partial charge in [0, 0.05) is 27.3 Å². The van der Waals surface area contributed by atoms with Gasteiger partial charge in [-0.2, -0.15) is 0 Å². The Labute approximate surface area is 180 Å². The molecule has 4 nitrogen and oxygen atoms in total. The molecule has 0 fully saturated rings. The van der Waals surface area contributed by atoms with Crippen molar-refractivity contribution in [2.24, 2.45) is 0 Å². The van der Waals surface area contributed by atoms with E-state index in [2.05, 4.69) is 0 Å². The molecule has 0 atom stereocenters. The number of halogens is 2. The number of hydrogen-bond acceptors (Lipinski definition) is 4. The zero-order valence-corrected chi connectivity index (χ0v) is 16.8. The van der Waals surface area contributed by atoms with Crippen LogP contribution in [0.1, 0.15) is 17.6 Å². The summed E-state index contributed by atoms with van der Waals surface area (Å²) in [7, 11) is 0. The maximum atomic E-state index is 13.6. The highest BCUT2D eigenvalue weighted by molar-refractivity contribution is 7.22. The number of carboxylic acid groups (broad SMARTS) is 1. The number of carbonyl (C=O) groups is 1. The van der Waals surface area contributed by atoms with Crippen LogP contribution in [0.4, 0.5) is 8.78 Å². The summed E-state index contributed by atoms with van der Waals surface area (Å²) < 4.78 is 34.1. The highest BCUT2D eigenvalue weighted by Gasteiger charge is 2.22. The maximum Gasteiger partial charge on any atom is 0.328 e. The van der Waals surface area contributed by atoms with Crippen LogP contribution in [0.2, 0.25) is 0 Å². The fourth-order valence-electron chi connectivity index (χ4n) is 3.17. The van der Waals surface area contributed by atoms with Crippen molar-refractivity contribution in [3.05, 3.63) is 83.9 Å². The minimum absolute atomic E-state index is 0.0727. The van der Waals surface area contributed by atoms with Crippen molar-refractivity contribution >= 4 is 33.5 Å². The minimum atomic E-state index is -2.65. The average Bonchev–Trinajstić information content (AvgIpc) is 3.10. The number of rotatable bonds is 6. The number of ether oxygens (including phenoxy) is 1. The molecule has 0 spiro atoms. The molecule has 0 amide bonds. The number of fused-ring (bicyclic) bond motifs is 1. The Hall–Kier alpha value is -3.71. The molecule has 4 rings (SSSR count). The first-order chi connectivity index (χ1) is 14.9. The Morgan fingerprint density at radius 2 is 1.77 bits per heavy atom. The van der Waals surface area contributed by atoms with Gasteiger partial charge < -0.3 is 14.9 Å². The summed E-state index contributed by atoms with van der Waals surface area (Å²) in [6.45, 7) is 0. The first kappa shape index (κ1) is 20.6. The lowest BCUT2D eigenvalue weighted by atomic mass is 10.0. The average molecular weight is 438 g/mol. The number of thiophene rings is 1. The molecule has 0 radical (unpaired) electrons. The van der Waals surface area contributed by atoms with Gasteiger partial charge >= 0.3 is 5.97 Å². The molecule has 156 valence electrons. The van der Waals surface area contributed by atoms with Crippen LogP contribution < -0.4 is 4.74 Å². The standard InChI is InChI=1S/C24H16F2O4S/c25-24(26)18-4-2-1-3-17(18)23-22(19-11-8-15(27)13-20(19)31-23)30-16-9-5-14(6-10-16)7-12-21(28)29/h1-13,24,27H,(H,28,29). The Morgan fingerprint density at radius 3 is 2.48 bits per heavy atom. The van der Waals surface area contributed by atoms with Crippen LogP contribution in [0.15, 0.2) is 72.8 Å². The summed E-state index contributed by atoms with van der Waals surface area (Å²) in [5.41, 5.74) is 0.949. The highest BCUT2D eigenvalue weighted by Crippen LogP contribution is 2.49. The lowest BCUT2D eigenvalue weighted by molar-refractivity contribution is -0.131. The second-order valence-corrected chi connectivity index (χ2v) is 7.72. The lowest BCUT2D eigenvalue weighted by Gasteiger charge is -2.11. The van der Waals surface area contributed by atoms with E-state index in [0.717, 1.165) is 6.08 Å². The van der Waals surface area contributed by atoms with Gasteiger partial charge in [0.25, 0.3) is 6.43 Å². The summed E-state index contributed by atoms with van der Waals surface area (Å²) in [5, 5.41) is 19.3. The van der Waals surface area contributed by atoms with E-state index in [-0.39, 0.29) is 11.3 Å². The van der Waals surface area contributed by atoms with E-state index in [9.17, 15) is 18.7 Å². The van der Waals surface area contributed by atoms with Gasteiger partial charge in [-0.1, -0.05) is 36.4 Å². The molecule has 4 aromatic rings. The molecule has 0 saturated carbocycles. The third-order valence-corrected chi connectivity index (χ3v) is 5.75. The van der Waals surface area contributed by atoms with Crippen molar-refractivity contribution in [2.75, 3.05) is 0 Å². The molecule has 1 aromatic heterocycles. The zero-order chi connectivity index (χ0) is 22.0. The predicted molar refractivity (Wildman–Crippen MR) is 117 cm³/mol. The molecular formula is C24H16F2O4S. The Balaban J connectivity index is 1.80. The van der Waals surface area contributed by atoms with Gasteiger partial charge in [-0.05, 0) is 42.0 Å². The van der Waals surface area contributed by atoms with E-state index >= 15 is 0 Å². The van der Waals surface area contributed by atoms with E-state index in [1.54, 1.807) is 54.6 Å². The van der Waals surface area contributed by atoms with Crippen molar-refractivity contribution in [2.45, 2.75) is 6.43 Å². The summed E-state index contributed by atoms with van der Waals surface area (Å²) in [6.07, 6.45) is -0.157. The monoisotopic (exact) mass is 438 g/mol. The second-order valence-electron chi connectivity index (χ2n) is 6.67. The largest absolute Gasteiger partial charge is 0.508 e. The molecule has 3 aromatic carbocycles. The Morgan fingerprint density at radius 1 is 1.03 bits per heavy atom. The number of carboxylic acids is 1. The SMILES string of the molecule is O=C(O)C=Cc1ccc(Oc2c(-c3ccccc3C(F)F)sc3cc(O)ccc23)cc1. The number of alkyl halides is 2. The molecule has 1 heterocycles. The molecule has 31 heavy (non-hydrogen) atoms. The molecule has 7 heteroatoms. The van der Waals surface area contributed by atoms with Gasteiger partial charge in [-0.3, -0.25) is 0 Å². The van der Waals surface area contributed by atoms with Crippen molar-refractivity contribution < 1.29 is 28.5 Å². The molecule has 2 N–H and O–H groups in total.